The number of hydrogen-bond acceptors (Lipinski definition) is 10. The molecule has 0 aliphatic carbocycles. The lowest BCUT2D eigenvalue weighted by molar-refractivity contribution is -0.222. The third kappa shape index (κ3) is 5.39. The largest absolute Gasteiger partial charge is 0.497 e. The van der Waals surface area contributed by atoms with Crippen molar-refractivity contribution < 1.29 is 28.5 Å². The van der Waals surface area contributed by atoms with Gasteiger partial charge in [0.2, 0.25) is 0 Å². The predicted molar refractivity (Wildman–Crippen MR) is 165 cm³/mol. The third-order valence-electron chi connectivity index (χ3n) is 7.59. The fraction of sp³-hybridized carbons (Fsp3) is 0.250. The topological polar surface area (TPSA) is 136 Å². The fourth-order valence-electron chi connectivity index (χ4n) is 5.58. The van der Waals surface area contributed by atoms with Crippen LogP contribution in [0.25, 0.3) is 11.2 Å². The summed E-state index contributed by atoms with van der Waals surface area (Å²) < 4.78 is 32.4. The maximum Gasteiger partial charge on any atom is 0.303 e. The van der Waals surface area contributed by atoms with Gasteiger partial charge in [0.25, 0.3) is 0 Å². The molecule has 5 aromatic rings. The fourth-order valence-corrected chi connectivity index (χ4v) is 5.83. The van der Waals surface area contributed by atoms with Crippen LogP contribution in [0.5, 0.6) is 11.5 Å². The minimum Gasteiger partial charge on any atom is -0.497 e. The summed E-state index contributed by atoms with van der Waals surface area (Å²) in [5.74, 6) is 1.07. The number of imidazole rings is 1. The number of carbonyl (C=O) groups excluding carboxylic acids is 1. The van der Waals surface area contributed by atoms with Crippen LogP contribution in [-0.2, 0) is 24.6 Å². The van der Waals surface area contributed by atoms with Gasteiger partial charge in [-0.05, 0) is 41.0 Å². The minimum absolute atomic E-state index is 0.147. The summed E-state index contributed by atoms with van der Waals surface area (Å²) in [5.41, 5.74) is 8.21. The van der Waals surface area contributed by atoms with Crippen molar-refractivity contribution in [1.29, 1.82) is 0 Å². The molecule has 3 heterocycles. The highest BCUT2D eigenvalue weighted by Crippen LogP contribution is 2.46. The number of H-pyrrole nitrogens is 1. The summed E-state index contributed by atoms with van der Waals surface area (Å²) in [5, 5.41) is 0. The van der Waals surface area contributed by atoms with E-state index in [-0.39, 0.29) is 17.0 Å². The van der Waals surface area contributed by atoms with Crippen molar-refractivity contribution in [2.24, 2.45) is 0 Å². The second kappa shape index (κ2) is 12.1. The Morgan fingerprint density at radius 2 is 1.57 bits per heavy atom. The SMILES string of the molecule is COc1ccc(C(O[C@H]2O[C@@H](n3cnc4c(=S)nc(N)[nH]c43)C[C@H]2OC(C)=O)(c2ccccc2)c2ccc(OC)cc2)cc1. The van der Waals surface area contributed by atoms with Gasteiger partial charge in [0.1, 0.15) is 34.5 Å². The van der Waals surface area contributed by atoms with Crippen molar-refractivity contribution >= 4 is 35.3 Å². The number of ether oxygens (including phenoxy) is 5. The number of carbonyl (C=O) groups is 1. The van der Waals surface area contributed by atoms with Crippen LogP contribution in [0.4, 0.5) is 5.95 Å². The van der Waals surface area contributed by atoms with Gasteiger partial charge in [0.05, 0.1) is 20.5 Å². The Labute approximate surface area is 258 Å². The van der Waals surface area contributed by atoms with Gasteiger partial charge in [0, 0.05) is 13.3 Å². The molecule has 0 radical (unpaired) electrons. The minimum atomic E-state index is -1.21. The molecule has 1 saturated heterocycles. The molecular weight excluding hydrogens is 582 g/mol. The highest BCUT2D eigenvalue weighted by atomic mass is 32.1. The van der Waals surface area contributed by atoms with Crippen LogP contribution in [0.2, 0.25) is 0 Å². The summed E-state index contributed by atoms with van der Waals surface area (Å²) in [6.07, 6.45) is -0.547. The molecule has 12 heteroatoms. The van der Waals surface area contributed by atoms with Gasteiger partial charge < -0.3 is 34.4 Å². The molecule has 6 rings (SSSR count). The second-order valence-electron chi connectivity index (χ2n) is 10.2. The average Bonchev–Trinajstić information content (AvgIpc) is 3.64. The number of rotatable bonds is 9. The van der Waals surface area contributed by atoms with Gasteiger partial charge in [-0.15, -0.1) is 0 Å². The number of hydrogen-bond donors (Lipinski definition) is 2. The highest BCUT2D eigenvalue weighted by Gasteiger charge is 2.48. The van der Waals surface area contributed by atoms with Gasteiger partial charge in [0.15, 0.2) is 23.0 Å². The van der Waals surface area contributed by atoms with Crippen LogP contribution in [0.15, 0.2) is 85.2 Å². The van der Waals surface area contributed by atoms with Crippen molar-refractivity contribution in [2.45, 2.75) is 37.6 Å². The molecule has 226 valence electrons. The first-order valence-corrected chi connectivity index (χ1v) is 14.3. The molecule has 1 aliphatic rings. The van der Waals surface area contributed by atoms with Gasteiger partial charge in [-0.3, -0.25) is 9.36 Å². The Morgan fingerprint density at radius 3 is 2.14 bits per heavy atom. The predicted octanol–water partition coefficient (Wildman–Crippen LogP) is 5.27. The monoisotopic (exact) mass is 613 g/mol. The Bertz CT molecular complexity index is 1780. The van der Waals surface area contributed by atoms with E-state index >= 15 is 0 Å². The zero-order valence-electron chi connectivity index (χ0n) is 24.3. The van der Waals surface area contributed by atoms with Gasteiger partial charge in [-0.2, -0.15) is 0 Å². The van der Waals surface area contributed by atoms with E-state index in [1.165, 1.54) is 6.92 Å². The van der Waals surface area contributed by atoms with E-state index in [0.717, 1.165) is 16.7 Å². The lowest BCUT2D eigenvalue weighted by Crippen LogP contribution is -2.41. The second-order valence-corrected chi connectivity index (χ2v) is 10.6. The lowest BCUT2D eigenvalue weighted by atomic mass is 9.80. The number of esters is 1. The molecule has 0 spiro atoms. The third-order valence-corrected chi connectivity index (χ3v) is 7.87. The van der Waals surface area contributed by atoms with Crippen molar-refractivity contribution in [3.8, 4) is 11.5 Å². The molecule has 2 aromatic heterocycles. The van der Waals surface area contributed by atoms with Gasteiger partial charge in [-0.1, -0.05) is 66.8 Å². The number of nitrogens with zero attached hydrogens (tertiary/aromatic N) is 3. The Kier molecular flexibility index (Phi) is 8.04. The quantitative estimate of drug-likeness (QED) is 0.129. The summed E-state index contributed by atoms with van der Waals surface area (Å²) in [6.45, 7) is 1.36. The molecule has 0 amide bonds. The molecule has 0 unspecified atom stereocenters. The van der Waals surface area contributed by atoms with E-state index in [1.54, 1.807) is 25.1 Å². The standard InChI is InChI=1S/C32H31N5O6S/c1-19(38)41-25-17-26(37-18-34-27-28(37)35-31(33)36-29(27)44)42-30(25)43-32(20-7-5-4-6-8-20,21-9-13-23(39-2)14-10-21)22-11-15-24(40-3)16-12-22/h4-16,18,25-26,30H,17H2,1-3H3,(H3,33,35,36,44)/t25-,26-,30-/m1/s1. The van der Waals surface area contributed by atoms with Crippen LogP contribution < -0.4 is 15.2 Å². The summed E-state index contributed by atoms with van der Waals surface area (Å²) in [6, 6.07) is 25.1. The van der Waals surface area contributed by atoms with E-state index in [9.17, 15) is 4.79 Å². The molecular formula is C32H31N5O6S. The number of anilines is 1. The molecule has 1 aliphatic heterocycles. The number of aromatic nitrogens is 4. The molecule has 3 N–H and O–H groups in total. The highest BCUT2D eigenvalue weighted by molar-refractivity contribution is 7.71. The first kappa shape index (κ1) is 29.3. The number of nitrogen functional groups attached to an aromatic ring is 1. The number of benzene rings is 3. The Balaban J connectivity index is 1.50. The van der Waals surface area contributed by atoms with Crippen molar-refractivity contribution in [2.75, 3.05) is 20.0 Å². The number of fused-ring (bicyclic) bond motifs is 1. The first-order chi connectivity index (χ1) is 21.3. The van der Waals surface area contributed by atoms with E-state index < -0.39 is 30.2 Å². The van der Waals surface area contributed by atoms with Crippen LogP contribution in [0.1, 0.15) is 36.3 Å². The van der Waals surface area contributed by atoms with Crippen molar-refractivity contribution in [3.05, 3.63) is 107 Å². The number of methoxy groups -OCH3 is 2. The molecule has 44 heavy (non-hydrogen) atoms. The van der Waals surface area contributed by atoms with Crippen LogP contribution >= 0.6 is 12.2 Å². The molecule has 0 saturated carbocycles. The van der Waals surface area contributed by atoms with E-state index in [0.29, 0.717) is 22.7 Å². The number of aromatic amines is 1. The molecule has 3 atom stereocenters. The van der Waals surface area contributed by atoms with E-state index in [4.69, 9.17) is 41.6 Å². The summed E-state index contributed by atoms with van der Waals surface area (Å²) in [4.78, 5) is 23.9. The zero-order valence-corrected chi connectivity index (χ0v) is 25.1. The Hall–Kier alpha value is -4.78. The van der Waals surface area contributed by atoms with E-state index in [1.807, 2.05) is 78.9 Å². The molecule has 3 aromatic carbocycles. The molecule has 1 fully saturated rings. The van der Waals surface area contributed by atoms with Gasteiger partial charge >= 0.3 is 5.97 Å². The smallest absolute Gasteiger partial charge is 0.303 e. The Morgan fingerprint density at radius 1 is 0.977 bits per heavy atom. The number of nitrogens with one attached hydrogen (secondary N) is 1. The van der Waals surface area contributed by atoms with Crippen LogP contribution in [0.3, 0.4) is 0 Å². The van der Waals surface area contributed by atoms with E-state index in [2.05, 4.69) is 15.0 Å². The zero-order chi connectivity index (χ0) is 30.8. The van der Waals surface area contributed by atoms with Crippen molar-refractivity contribution in [3.63, 3.8) is 0 Å². The summed E-state index contributed by atoms with van der Waals surface area (Å²) >= 11 is 5.36. The number of nitrogens with two attached hydrogens (primary N) is 1. The van der Waals surface area contributed by atoms with Crippen molar-refractivity contribution in [1.82, 2.24) is 19.5 Å². The maximum absolute atomic E-state index is 12.3. The lowest BCUT2D eigenvalue weighted by Gasteiger charge is -2.38. The maximum atomic E-state index is 12.3. The van der Waals surface area contributed by atoms with Gasteiger partial charge in [-0.25, -0.2) is 9.97 Å². The van der Waals surface area contributed by atoms with Crippen LogP contribution in [0, 0.1) is 4.64 Å². The normalized spacial score (nSPS) is 18.3. The average molecular weight is 614 g/mol. The molecule has 11 nitrogen and oxygen atoms in total. The molecule has 0 bridgehead atoms. The van der Waals surface area contributed by atoms with Crippen LogP contribution in [-0.4, -0.2) is 52.1 Å². The summed E-state index contributed by atoms with van der Waals surface area (Å²) in [7, 11) is 3.23. The first-order valence-electron chi connectivity index (χ1n) is 13.9.